The number of unbranched alkanes of at least 4 members (excludes halogenated alkanes) is 2. The number of amides is 4. The van der Waals surface area contributed by atoms with E-state index in [0.717, 1.165) is 5.56 Å². The molecule has 5 atom stereocenters. The van der Waals surface area contributed by atoms with Crippen molar-refractivity contribution in [2.45, 2.75) is 108 Å². The summed E-state index contributed by atoms with van der Waals surface area (Å²) in [4.78, 5) is 67.3. The average molecular weight is 559 g/mol. The maximum Gasteiger partial charge on any atom is 0.246 e. The van der Waals surface area contributed by atoms with Gasteiger partial charge in [-0.2, -0.15) is 0 Å². The van der Waals surface area contributed by atoms with Crippen molar-refractivity contribution >= 4 is 29.4 Å². The van der Waals surface area contributed by atoms with Crippen LogP contribution in [0.5, 0.6) is 5.75 Å². The highest BCUT2D eigenvalue weighted by molar-refractivity contribution is 5.99. The van der Waals surface area contributed by atoms with E-state index in [9.17, 15) is 34.2 Å². The van der Waals surface area contributed by atoms with Crippen molar-refractivity contribution in [1.82, 2.24) is 20.9 Å². The molecule has 4 amide bonds. The van der Waals surface area contributed by atoms with Crippen LogP contribution in [0.15, 0.2) is 24.3 Å². The Morgan fingerprint density at radius 1 is 1.05 bits per heavy atom. The first kappa shape index (κ1) is 31.1. The second kappa shape index (κ2) is 13.7. The summed E-state index contributed by atoms with van der Waals surface area (Å²) in [7, 11) is 0. The van der Waals surface area contributed by atoms with Crippen molar-refractivity contribution in [2.24, 2.45) is 0 Å². The van der Waals surface area contributed by atoms with Gasteiger partial charge in [-0.05, 0) is 63.6 Å². The number of fused-ring (bicyclic) bond motifs is 1. The van der Waals surface area contributed by atoms with Gasteiger partial charge in [0.25, 0.3) is 0 Å². The number of benzene rings is 1. The van der Waals surface area contributed by atoms with Crippen molar-refractivity contribution in [3.05, 3.63) is 29.8 Å². The van der Waals surface area contributed by atoms with E-state index in [1.807, 2.05) is 0 Å². The first-order valence-corrected chi connectivity index (χ1v) is 14.2. The molecule has 3 rings (SSSR count). The number of carbonyl (C=O) groups excluding carboxylic acids is 5. The molecule has 2 saturated heterocycles. The van der Waals surface area contributed by atoms with Gasteiger partial charge in [0.15, 0.2) is 5.78 Å². The summed E-state index contributed by atoms with van der Waals surface area (Å²) in [6, 6.07) is 3.71. The Kier molecular flexibility index (Phi) is 10.7. The molecule has 0 aliphatic carbocycles. The number of hydrogen-bond donors (Lipinski definition) is 5. The van der Waals surface area contributed by atoms with E-state index in [1.54, 1.807) is 26.0 Å². The van der Waals surface area contributed by atoms with Crippen LogP contribution in [0.4, 0.5) is 0 Å². The van der Waals surface area contributed by atoms with Gasteiger partial charge in [-0.25, -0.2) is 0 Å². The lowest BCUT2D eigenvalue weighted by Crippen LogP contribution is -2.65. The molecule has 2 heterocycles. The number of nitrogens with zero attached hydrogens (tertiary/aromatic N) is 1. The predicted molar refractivity (Wildman–Crippen MR) is 147 cm³/mol. The molecule has 11 heteroatoms. The molecule has 2 aliphatic heterocycles. The van der Waals surface area contributed by atoms with Crippen LogP contribution in [0.3, 0.4) is 0 Å². The summed E-state index contributed by atoms with van der Waals surface area (Å²) in [5.41, 5.74) is -0.609. The fourth-order valence-electron chi connectivity index (χ4n) is 5.12. The standard InChI is InChI=1S/C29H42N4O7/c1-4-29(3)28(40)31-22(17-19-12-14-20(35)15-13-19)27(39)33-16-8-10-23(33)26(38)30-21(25(37)32-29)9-6-5-7-11-24(36)18(2)34/h12-15,18,21-23,34-35H,4-11,16-17H2,1-3H3,(H,30,38)(H,31,40)(H,32,37)/t18-,21+,22+,23?,29+/m1/s1. The molecule has 5 N–H and O–H groups in total. The van der Waals surface area contributed by atoms with Gasteiger partial charge >= 0.3 is 0 Å². The average Bonchev–Trinajstić information content (AvgIpc) is 3.41. The van der Waals surface area contributed by atoms with Gasteiger partial charge in [0.1, 0.15) is 35.5 Å². The number of hydrogen-bond acceptors (Lipinski definition) is 7. The van der Waals surface area contributed by atoms with Gasteiger partial charge in [-0.3, -0.25) is 24.0 Å². The molecule has 40 heavy (non-hydrogen) atoms. The number of carbonyl (C=O) groups is 5. The molecule has 220 valence electrons. The van der Waals surface area contributed by atoms with Crippen molar-refractivity contribution in [2.75, 3.05) is 6.54 Å². The fraction of sp³-hybridized carbons (Fsp3) is 0.621. The number of rotatable bonds is 10. The molecule has 1 unspecified atom stereocenters. The summed E-state index contributed by atoms with van der Waals surface area (Å²) in [5.74, 6) is -1.93. The molecule has 2 fully saturated rings. The van der Waals surface area contributed by atoms with E-state index < -0.39 is 47.5 Å². The summed E-state index contributed by atoms with van der Waals surface area (Å²) >= 11 is 0. The first-order valence-electron chi connectivity index (χ1n) is 14.2. The number of ketones is 1. The third-order valence-corrected chi connectivity index (χ3v) is 7.94. The smallest absolute Gasteiger partial charge is 0.246 e. The van der Waals surface area contributed by atoms with E-state index in [0.29, 0.717) is 45.1 Å². The predicted octanol–water partition coefficient (Wildman–Crippen LogP) is 1.09. The van der Waals surface area contributed by atoms with Crippen LogP contribution in [0.25, 0.3) is 0 Å². The lowest BCUT2D eigenvalue weighted by molar-refractivity contribution is -0.144. The van der Waals surface area contributed by atoms with Gasteiger partial charge in [0, 0.05) is 19.4 Å². The van der Waals surface area contributed by atoms with Gasteiger partial charge in [0.2, 0.25) is 23.6 Å². The van der Waals surface area contributed by atoms with Crippen LogP contribution in [-0.2, 0) is 30.4 Å². The topological polar surface area (TPSA) is 165 Å². The monoisotopic (exact) mass is 558 g/mol. The lowest BCUT2D eigenvalue weighted by Gasteiger charge is -2.36. The molecule has 1 aromatic carbocycles. The quantitative estimate of drug-likeness (QED) is 0.268. The van der Waals surface area contributed by atoms with Crippen LogP contribution >= 0.6 is 0 Å². The molecule has 0 radical (unpaired) electrons. The van der Waals surface area contributed by atoms with Gasteiger partial charge in [-0.15, -0.1) is 0 Å². The Hall–Kier alpha value is -3.47. The SMILES string of the molecule is CC[C@]1(C)NC(=O)[C@H](CCCCCC(=O)[C@@H](C)O)NC(=O)C2CCCN2C(=O)[C@H](Cc2ccc(O)cc2)NC1=O. The number of phenolic OH excluding ortho intramolecular Hbond substituents is 1. The van der Waals surface area contributed by atoms with Gasteiger partial charge in [-0.1, -0.05) is 31.9 Å². The zero-order valence-corrected chi connectivity index (χ0v) is 23.6. The van der Waals surface area contributed by atoms with Crippen molar-refractivity contribution < 1.29 is 34.2 Å². The van der Waals surface area contributed by atoms with Crippen LogP contribution < -0.4 is 16.0 Å². The highest BCUT2D eigenvalue weighted by Crippen LogP contribution is 2.22. The number of nitrogens with one attached hydrogen (secondary N) is 3. The Labute approximate surface area is 235 Å². The van der Waals surface area contributed by atoms with Crippen molar-refractivity contribution in [3.8, 4) is 5.75 Å². The zero-order valence-electron chi connectivity index (χ0n) is 23.6. The Balaban J connectivity index is 1.82. The fourth-order valence-corrected chi connectivity index (χ4v) is 5.12. The molecule has 11 nitrogen and oxygen atoms in total. The number of phenols is 1. The lowest BCUT2D eigenvalue weighted by atomic mass is 9.94. The summed E-state index contributed by atoms with van der Waals surface area (Å²) in [6.07, 6.45) is 2.71. The molecule has 0 saturated carbocycles. The van der Waals surface area contributed by atoms with Gasteiger partial charge < -0.3 is 31.1 Å². The van der Waals surface area contributed by atoms with Crippen LogP contribution in [0.2, 0.25) is 0 Å². The number of Topliss-reactive ketones (excluding diaryl/α,β-unsaturated/α-hetero) is 1. The van der Waals surface area contributed by atoms with E-state index >= 15 is 0 Å². The maximum atomic E-state index is 13.7. The van der Waals surface area contributed by atoms with Crippen LogP contribution in [0, 0.1) is 0 Å². The highest BCUT2D eigenvalue weighted by atomic mass is 16.3. The third kappa shape index (κ3) is 7.80. The normalized spacial score (nSPS) is 26.6. The largest absolute Gasteiger partial charge is 0.508 e. The molecule has 0 aromatic heterocycles. The summed E-state index contributed by atoms with van der Waals surface area (Å²) < 4.78 is 0. The van der Waals surface area contributed by atoms with Crippen LogP contribution in [-0.4, -0.2) is 80.8 Å². The van der Waals surface area contributed by atoms with Gasteiger partial charge in [0.05, 0.1) is 0 Å². The minimum Gasteiger partial charge on any atom is -0.508 e. The number of aliphatic hydroxyl groups excluding tert-OH is 1. The molecular formula is C29H42N4O7. The summed E-state index contributed by atoms with van der Waals surface area (Å²) in [6.45, 7) is 5.14. The second-order valence-corrected chi connectivity index (χ2v) is 11.1. The molecule has 2 aliphatic rings. The summed E-state index contributed by atoms with van der Waals surface area (Å²) in [5, 5.41) is 27.5. The van der Waals surface area contributed by atoms with Crippen LogP contribution in [0.1, 0.15) is 77.7 Å². The molecule has 1 aromatic rings. The van der Waals surface area contributed by atoms with Crippen molar-refractivity contribution in [3.63, 3.8) is 0 Å². The Morgan fingerprint density at radius 3 is 2.40 bits per heavy atom. The second-order valence-electron chi connectivity index (χ2n) is 11.1. The minimum absolute atomic E-state index is 0.0816. The number of aromatic hydroxyl groups is 1. The maximum absolute atomic E-state index is 13.7. The van der Waals surface area contributed by atoms with E-state index in [4.69, 9.17) is 0 Å². The first-order chi connectivity index (χ1) is 18.9. The zero-order chi connectivity index (χ0) is 29.4. The highest BCUT2D eigenvalue weighted by Gasteiger charge is 2.43. The van der Waals surface area contributed by atoms with E-state index in [-0.39, 0.29) is 36.7 Å². The molecular weight excluding hydrogens is 516 g/mol. The number of aliphatic hydroxyl groups is 1. The third-order valence-electron chi connectivity index (χ3n) is 7.94. The Morgan fingerprint density at radius 2 is 1.75 bits per heavy atom. The van der Waals surface area contributed by atoms with Crippen molar-refractivity contribution in [1.29, 1.82) is 0 Å². The molecule has 0 spiro atoms. The minimum atomic E-state index is -1.33. The Bertz CT molecular complexity index is 1090. The molecule has 0 bridgehead atoms. The van der Waals surface area contributed by atoms with E-state index in [2.05, 4.69) is 16.0 Å². The van der Waals surface area contributed by atoms with E-state index in [1.165, 1.54) is 24.0 Å².